The average molecular weight is 546 g/mol. The van der Waals surface area contributed by atoms with Gasteiger partial charge in [-0.2, -0.15) is 0 Å². The molecule has 1 amide bonds. The van der Waals surface area contributed by atoms with Crippen LogP contribution in [0.4, 0.5) is 10.1 Å². The van der Waals surface area contributed by atoms with Crippen LogP contribution < -0.4 is 10.2 Å². The fraction of sp³-hybridized carbons (Fsp3) is 0.355. The Morgan fingerprint density at radius 3 is 2.56 bits per heavy atom. The lowest BCUT2D eigenvalue weighted by Crippen LogP contribution is -2.51. The largest absolute Gasteiger partial charge is 0.367 e. The number of nitrogens with zero attached hydrogens (tertiary/aromatic N) is 3. The number of piperazine rings is 1. The lowest BCUT2D eigenvalue weighted by molar-refractivity contribution is -0.134. The summed E-state index contributed by atoms with van der Waals surface area (Å²) in [6, 6.07) is 17.2. The van der Waals surface area contributed by atoms with Crippen molar-refractivity contribution in [1.82, 2.24) is 20.2 Å². The summed E-state index contributed by atoms with van der Waals surface area (Å²) in [5.74, 6) is -0.764. The van der Waals surface area contributed by atoms with Crippen molar-refractivity contribution in [2.75, 3.05) is 37.6 Å². The number of hydrogen-bond donors (Lipinski definition) is 2. The minimum atomic E-state index is -0.483. The molecule has 202 valence electrons. The van der Waals surface area contributed by atoms with Gasteiger partial charge in [0.15, 0.2) is 0 Å². The van der Waals surface area contributed by atoms with Gasteiger partial charge in [-0.25, -0.2) is 9.37 Å². The highest BCUT2D eigenvalue weighted by atomic mass is 35.5. The molecule has 8 heteroatoms. The minimum Gasteiger partial charge on any atom is -0.367 e. The number of anilines is 1. The highest BCUT2D eigenvalue weighted by molar-refractivity contribution is 6.30. The van der Waals surface area contributed by atoms with E-state index >= 15 is 0 Å². The van der Waals surface area contributed by atoms with Crippen molar-refractivity contribution in [1.29, 1.82) is 0 Å². The average Bonchev–Trinajstić information content (AvgIpc) is 3.56. The van der Waals surface area contributed by atoms with Crippen LogP contribution >= 0.6 is 11.6 Å². The number of benzene rings is 2. The number of halogens is 2. The molecule has 2 saturated heterocycles. The number of rotatable bonds is 5. The first-order valence-corrected chi connectivity index (χ1v) is 13.9. The SMILES string of the molecule is CC1(C)C[C@@H]([C@H](C(=O)N2CCN(c3c(-c4ccccc4)cnc4[nH]ccc34)CC2)c2ccc(Cl)c(F)c2)CN1. The minimum absolute atomic E-state index is 0.0608. The van der Waals surface area contributed by atoms with E-state index in [2.05, 4.69) is 52.2 Å². The predicted octanol–water partition coefficient (Wildman–Crippen LogP) is 5.84. The van der Waals surface area contributed by atoms with Crippen molar-refractivity contribution in [3.63, 3.8) is 0 Å². The smallest absolute Gasteiger partial charge is 0.230 e. The van der Waals surface area contributed by atoms with E-state index in [4.69, 9.17) is 11.6 Å². The van der Waals surface area contributed by atoms with E-state index in [1.165, 1.54) is 6.07 Å². The van der Waals surface area contributed by atoms with Crippen LogP contribution in [0.15, 0.2) is 67.0 Å². The lowest BCUT2D eigenvalue weighted by Gasteiger charge is -2.39. The number of carbonyl (C=O) groups is 1. The van der Waals surface area contributed by atoms with Crippen LogP contribution in [-0.4, -0.2) is 59.0 Å². The summed E-state index contributed by atoms with van der Waals surface area (Å²) >= 11 is 5.99. The molecule has 0 spiro atoms. The van der Waals surface area contributed by atoms with Crippen LogP contribution in [0.5, 0.6) is 0 Å². The summed E-state index contributed by atoms with van der Waals surface area (Å²) in [5, 5.41) is 4.69. The Kier molecular flexibility index (Phi) is 6.81. The maximum absolute atomic E-state index is 14.5. The Balaban J connectivity index is 1.27. The van der Waals surface area contributed by atoms with Crippen molar-refractivity contribution < 1.29 is 9.18 Å². The second-order valence-electron chi connectivity index (χ2n) is 11.3. The Labute approximate surface area is 233 Å². The molecular formula is C31H33ClFN5O. The van der Waals surface area contributed by atoms with E-state index in [0.717, 1.165) is 40.8 Å². The summed E-state index contributed by atoms with van der Waals surface area (Å²) in [7, 11) is 0. The van der Waals surface area contributed by atoms with E-state index in [-0.39, 0.29) is 22.4 Å². The second-order valence-corrected chi connectivity index (χ2v) is 11.7. The third kappa shape index (κ3) is 5.01. The fourth-order valence-corrected chi connectivity index (χ4v) is 6.39. The van der Waals surface area contributed by atoms with E-state index in [9.17, 15) is 9.18 Å². The van der Waals surface area contributed by atoms with Gasteiger partial charge in [0.2, 0.25) is 5.91 Å². The Hall–Kier alpha value is -3.42. The zero-order chi connectivity index (χ0) is 27.1. The number of aromatic nitrogens is 2. The van der Waals surface area contributed by atoms with Crippen molar-refractivity contribution in [3.8, 4) is 11.1 Å². The molecule has 0 aliphatic carbocycles. The first-order chi connectivity index (χ1) is 18.8. The molecule has 2 atom stereocenters. The zero-order valence-electron chi connectivity index (χ0n) is 22.3. The number of pyridine rings is 1. The number of aromatic amines is 1. The number of nitrogens with one attached hydrogen (secondary N) is 2. The lowest BCUT2D eigenvalue weighted by atomic mass is 9.81. The van der Waals surface area contributed by atoms with E-state index < -0.39 is 11.7 Å². The van der Waals surface area contributed by atoms with E-state index in [1.54, 1.807) is 12.1 Å². The van der Waals surface area contributed by atoms with Crippen LogP contribution in [0.1, 0.15) is 31.7 Å². The molecule has 4 heterocycles. The Bertz CT molecular complexity index is 1500. The van der Waals surface area contributed by atoms with Crippen LogP contribution in [0.25, 0.3) is 22.2 Å². The molecule has 2 aliphatic heterocycles. The maximum Gasteiger partial charge on any atom is 0.230 e. The predicted molar refractivity (Wildman–Crippen MR) is 155 cm³/mol. The number of H-pyrrole nitrogens is 1. The number of hydrogen-bond acceptors (Lipinski definition) is 4. The van der Waals surface area contributed by atoms with Gasteiger partial charge in [0, 0.05) is 55.1 Å². The molecule has 4 aromatic rings. The molecule has 2 aromatic carbocycles. The number of carbonyl (C=O) groups excluding carboxylic acids is 1. The van der Waals surface area contributed by atoms with Gasteiger partial charge >= 0.3 is 0 Å². The third-order valence-corrected chi connectivity index (χ3v) is 8.51. The standard InChI is InChI=1S/C31H33ClFN5O/c1-31(2)17-22(18-36-31)27(21-8-9-25(32)26(33)16-21)30(39)38-14-12-37(13-15-38)28-23-10-11-34-29(23)35-19-24(28)20-6-4-3-5-7-20/h3-11,16,19,22,27,36H,12-15,17-18H2,1-2H3,(H,34,35)/t22-,27-/m1/s1. The quantitative estimate of drug-likeness (QED) is 0.330. The number of amides is 1. The Morgan fingerprint density at radius 1 is 1.10 bits per heavy atom. The van der Waals surface area contributed by atoms with Gasteiger partial charge < -0.3 is 20.1 Å². The van der Waals surface area contributed by atoms with Crippen LogP contribution in [-0.2, 0) is 4.79 Å². The van der Waals surface area contributed by atoms with Crippen molar-refractivity contribution >= 4 is 34.2 Å². The topological polar surface area (TPSA) is 64.3 Å². The normalized spacial score (nSPS) is 19.9. The van der Waals surface area contributed by atoms with Crippen molar-refractivity contribution in [2.45, 2.75) is 31.7 Å². The molecule has 0 bridgehead atoms. The van der Waals surface area contributed by atoms with Crippen molar-refractivity contribution in [3.05, 3.63) is 83.4 Å². The first kappa shape index (κ1) is 25.8. The van der Waals surface area contributed by atoms with Crippen LogP contribution in [0.3, 0.4) is 0 Å². The zero-order valence-corrected chi connectivity index (χ0v) is 23.0. The second kappa shape index (κ2) is 10.3. The van der Waals surface area contributed by atoms with Gasteiger partial charge in [0.1, 0.15) is 11.5 Å². The maximum atomic E-state index is 14.5. The van der Waals surface area contributed by atoms with E-state index in [0.29, 0.717) is 31.7 Å². The molecule has 6 rings (SSSR count). The monoisotopic (exact) mass is 545 g/mol. The first-order valence-electron chi connectivity index (χ1n) is 13.6. The third-order valence-electron chi connectivity index (χ3n) is 8.21. The van der Waals surface area contributed by atoms with Crippen molar-refractivity contribution in [2.24, 2.45) is 5.92 Å². The van der Waals surface area contributed by atoms with Gasteiger partial charge in [-0.3, -0.25) is 4.79 Å². The molecule has 0 radical (unpaired) electrons. The molecule has 2 fully saturated rings. The summed E-state index contributed by atoms with van der Waals surface area (Å²) in [5.41, 5.74) is 4.81. The van der Waals surface area contributed by atoms with Gasteiger partial charge in [0.25, 0.3) is 0 Å². The highest BCUT2D eigenvalue weighted by Gasteiger charge is 2.41. The molecule has 0 saturated carbocycles. The molecular weight excluding hydrogens is 513 g/mol. The molecule has 6 nitrogen and oxygen atoms in total. The summed E-state index contributed by atoms with van der Waals surface area (Å²) in [6.45, 7) is 7.61. The van der Waals surface area contributed by atoms with Gasteiger partial charge in [-0.15, -0.1) is 0 Å². The Morgan fingerprint density at radius 2 is 1.87 bits per heavy atom. The molecule has 0 unspecified atom stereocenters. The molecule has 2 N–H and O–H groups in total. The highest BCUT2D eigenvalue weighted by Crippen LogP contribution is 2.39. The van der Waals surface area contributed by atoms with Gasteiger partial charge in [0.05, 0.1) is 16.6 Å². The summed E-state index contributed by atoms with van der Waals surface area (Å²) in [6.07, 6.45) is 4.69. The summed E-state index contributed by atoms with van der Waals surface area (Å²) < 4.78 is 14.5. The van der Waals surface area contributed by atoms with Crippen LogP contribution in [0.2, 0.25) is 5.02 Å². The van der Waals surface area contributed by atoms with Crippen LogP contribution in [0, 0.1) is 11.7 Å². The molecule has 2 aliphatic rings. The molecule has 39 heavy (non-hydrogen) atoms. The number of fused-ring (bicyclic) bond motifs is 1. The van der Waals surface area contributed by atoms with Gasteiger partial charge in [-0.05, 0) is 62.1 Å². The molecule has 2 aromatic heterocycles. The summed E-state index contributed by atoms with van der Waals surface area (Å²) in [4.78, 5) is 26.3. The van der Waals surface area contributed by atoms with Gasteiger partial charge in [-0.1, -0.05) is 48.0 Å². The van der Waals surface area contributed by atoms with E-state index in [1.807, 2.05) is 35.5 Å². The fourth-order valence-electron chi connectivity index (χ4n) is 6.28.